The molecule has 0 spiro atoms. The van der Waals surface area contributed by atoms with Crippen LogP contribution in [0.2, 0.25) is 0 Å². The first-order chi connectivity index (χ1) is 8.35. The Hall–Kier alpha value is -1.39. The van der Waals surface area contributed by atoms with Crippen LogP contribution in [-0.2, 0) is 0 Å². The van der Waals surface area contributed by atoms with E-state index in [4.69, 9.17) is 0 Å². The molecule has 0 saturated heterocycles. The van der Waals surface area contributed by atoms with Crippen molar-refractivity contribution in [3.63, 3.8) is 0 Å². The van der Waals surface area contributed by atoms with Crippen LogP contribution >= 0.6 is 0 Å². The van der Waals surface area contributed by atoms with E-state index in [1.54, 1.807) is 6.92 Å². The second-order valence-electron chi connectivity index (χ2n) is 5.45. The van der Waals surface area contributed by atoms with Crippen molar-refractivity contribution in [3.05, 3.63) is 41.1 Å². The smallest absolute Gasteiger partial charge is 0.248 e. The predicted octanol–water partition coefficient (Wildman–Crippen LogP) is 2.60. The normalized spacial score (nSPS) is 27.8. The summed E-state index contributed by atoms with van der Waals surface area (Å²) in [5.41, 5.74) is -0.147. The van der Waals surface area contributed by atoms with Crippen molar-refractivity contribution in [1.29, 1.82) is 0 Å². The van der Waals surface area contributed by atoms with Crippen molar-refractivity contribution in [2.75, 3.05) is 0 Å². The van der Waals surface area contributed by atoms with Crippen LogP contribution in [0.3, 0.4) is 0 Å². The van der Waals surface area contributed by atoms with Gasteiger partial charge in [-0.15, -0.1) is 5.06 Å². The van der Waals surface area contributed by atoms with Crippen LogP contribution in [0.4, 0.5) is 0 Å². The van der Waals surface area contributed by atoms with Gasteiger partial charge in [0.1, 0.15) is 5.54 Å². The van der Waals surface area contributed by atoms with Gasteiger partial charge >= 0.3 is 0 Å². The average molecular weight is 248 g/mol. The molecular formula is C14H20N2O2. The van der Waals surface area contributed by atoms with Crippen molar-refractivity contribution < 1.29 is 9.95 Å². The summed E-state index contributed by atoms with van der Waals surface area (Å²) in [4.78, 5) is 0. The van der Waals surface area contributed by atoms with Gasteiger partial charge in [0.25, 0.3) is 0 Å². The molecule has 1 aromatic rings. The highest BCUT2D eigenvalue weighted by molar-refractivity contribution is 6.04. The van der Waals surface area contributed by atoms with Crippen molar-refractivity contribution >= 4 is 5.71 Å². The van der Waals surface area contributed by atoms with Gasteiger partial charge in [-0.3, -0.25) is 0 Å². The molecule has 98 valence electrons. The monoisotopic (exact) mass is 248 g/mol. The van der Waals surface area contributed by atoms with Gasteiger partial charge in [0.15, 0.2) is 0 Å². The van der Waals surface area contributed by atoms with Crippen LogP contribution in [0.5, 0.6) is 0 Å². The Morgan fingerprint density at radius 2 is 1.78 bits per heavy atom. The Kier molecular flexibility index (Phi) is 2.95. The molecule has 0 aromatic heterocycles. The maximum absolute atomic E-state index is 12.6. The molecule has 1 aromatic carbocycles. The van der Waals surface area contributed by atoms with E-state index < -0.39 is 11.2 Å². The zero-order valence-electron chi connectivity index (χ0n) is 11.3. The Labute approximate surface area is 108 Å². The minimum atomic E-state index is -0.908. The number of benzene rings is 1. The number of rotatable bonds is 2. The third kappa shape index (κ3) is 1.56. The van der Waals surface area contributed by atoms with Crippen LogP contribution in [0.15, 0.2) is 30.3 Å². The van der Waals surface area contributed by atoms with Crippen LogP contribution < -0.4 is 0 Å². The summed E-state index contributed by atoms with van der Waals surface area (Å²) in [6.45, 7) is 7.39. The topological polar surface area (TPSA) is 49.5 Å². The fourth-order valence-corrected chi connectivity index (χ4v) is 2.64. The third-order valence-electron chi connectivity index (χ3n) is 3.92. The molecule has 0 bridgehead atoms. The van der Waals surface area contributed by atoms with Crippen LogP contribution in [0.25, 0.3) is 0 Å². The molecule has 0 fully saturated rings. The zero-order valence-corrected chi connectivity index (χ0v) is 11.3. The fourth-order valence-electron chi connectivity index (χ4n) is 2.64. The molecule has 2 rings (SSSR count). The summed E-state index contributed by atoms with van der Waals surface area (Å²) in [5, 5.41) is 24.1. The molecule has 1 N–H and O–H groups in total. The first-order valence-corrected chi connectivity index (χ1v) is 6.25. The Morgan fingerprint density at radius 1 is 1.22 bits per heavy atom. The third-order valence-corrected chi connectivity index (χ3v) is 3.92. The summed E-state index contributed by atoms with van der Waals surface area (Å²) in [6.07, 6.45) is 0.548. The molecule has 0 aliphatic carbocycles. The lowest BCUT2D eigenvalue weighted by molar-refractivity contribution is -0.586. The minimum absolute atomic E-state index is 0.548. The second-order valence-corrected chi connectivity index (χ2v) is 5.45. The lowest BCUT2D eigenvalue weighted by Gasteiger charge is -2.32. The first-order valence-electron chi connectivity index (χ1n) is 6.25. The van der Waals surface area contributed by atoms with Gasteiger partial charge in [-0.25, -0.2) is 0 Å². The van der Waals surface area contributed by atoms with E-state index in [0.29, 0.717) is 12.1 Å². The largest absolute Gasteiger partial charge is 0.622 e. The molecule has 0 unspecified atom stereocenters. The lowest BCUT2D eigenvalue weighted by atomic mass is 9.92. The quantitative estimate of drug-likeness (QED) is 0.646. The van der Waals surface area contributed by atoms with E-state index in [-0.39, 0.29) is 0 Å². The predicted molar refractivity (Wildman–Crippen MR) is 70.6 cm³/mol. The van der Waals surface area contributed by atoms with E-state index in [9.17, 15) is 10.4 Å². The van der Waals surface area contributed by atoms with Gasteiger partial charge in [0.2, 0.25) is 11.4 Å². The standard InChI is InChI=1S/C14H20N2O2/c1-5-14(4)15(17)12(13(2,3)16(14)18)11-9-7-6-8-10-11/h6-10,18H,5H2,1-4H3/t14-/m0/s1. The van der Waals surface area contributed by atoms with Crippen LogP contribution in [-0.4, -0.2) is 31.9 Å². The molecule has 1 heterocycles. The molecule has 1 aliphatic rings. The summed E-state index contributed by atoms with van der Waals surface area (Å²) in [5.74, 6) is 0. The Bertz CT molecular complexity index is 482. The molecular weight excluding hydrogens is 228 g/mol. The first kappa shape index (κ1) is 13.1. The van der Waals surface area contributed by atoms with Gasteiger partial charge in [-0.05, 0) is 26.0 Å². The molecule has 0 radical (unpaired) electrons. The molecule has 4 heteroatoms. The van der Waals surface area contributed by atoms with Gasteiger partial charge < -0.3 is 10.4 Å². The summed E-state index contributed by atoms with van der Waals surface area (Å²) >= 11 is 0. The van der Waals surface area contributed by atoms with E-state index in [1.807, 2.05) is 51.1 Å². The SMILES string of the molecule is CC[C@]1(C)N(O)C(C)(C)C(c2ccccc2)=[N+]1[O-]. The molecule has 0 amide bonds. The van der Waals surface area contributed by atoms with Gasteiger partial charge in [0.05, 0.1) is 0 Å². The summed E-state index contributed by atoms with van der Waals surface area (Å²) in [6, 6.07) is 9.51. The Morgan fingerprint density at radius 3 is 2.22 bits per heavy atom. The highest BCUT2D eigenvalue weighted by atomic mass is 16.6. The fraction of sp³-hybridized carbons (Fsp3) is 0.500. The average Bonchev–Trinajstić information content (AvgIpc) is 2.50. The van der Waals surface area contributed by atoms with E-state index in [0.717, 1.165) is 10.3 Å². The van der Waals surface area contributed by atoms with E-state index >= 15 is 0 Å². The van der Waals surface area contributed by atoms with Crippen molar-refractivity contribution in [2.24, 2.45) is 0 Å². The summed E-state index contributed by atoms with van der Waals surface area (Å²) < 4.78 is 0.947. The van der Waals surface area contributed by atoms with Crippen molar-refractivity contribution in [1.82, 2.24) is 5.06 Å². The van der Waals surface area contributed by atoms with Gasteiger partial charge in [-0.2, -0.15) is 4.74 Å². The molecule has 0 saturated carbocycles. The summed E-state index contributed by atoms with van der Waals surface area (Å²) in [7, 11) is 0. The Balaban J connectivity index is 2.64. The molecule has 18 heavy (non-hydrogen) atoms. The molecule has 4 nitrogen and oxygen atoms in total. The van der Waals surface area contributed by atoms with E-state index in [1.165, 1.54) is 5.06 Å². The second kappa shape index (κ2) is 4.07. The lowest BCUT2D eigenvalue weighted by Crippen LogP contribution is -2.52. The van der Waals surface area contributed by atoms with Gasteiger partial charge in [0, 0.05) is 18.9 Å². The van der Waals surface area contributed by atoms with Crippen LogP contribution in [0, 0.1) is 5.21 Å². The van der Waals surface area contributed by atoms with E-state index in [2.05, 4.69) is 0 Å². The molecule has 1 atom stereocenters. The maximum atomic E-state index is 12.6. The van der Waals surface area contributed by atoms with Gasteiger partial charge in [-0.1, -0.05) is 25.1 Å². The van der Waals surface area contributed by atoms with Crippen LogP contribution in [0.1, 0.15) is 39.7 Å². The molecule has 1 aliphatic heterocycles. The number of hydroxylamine groups is 3. The van der Waals surface area contributed by atoms with Crippen molar-refractivity contribution in [2.45, 2.75) is 45.3 Å². The minimum Gasteiger partial charge on any atom is -0.622 e. The number of nitrogens with zero attached hydrogens (tertiary/aromatic N) is 2. The highest BCUT2D eigenvalue weighted by Crippen LogP contribution is 2.36. The highest BCUT2D eigenvalue weighted by Gasteiger charge is 2.58. The zero-order chi connectivity index (χ0) is 13.6. The number of hydrogen-bond acceptors (Lipinski definition) is 3. The number of hydrogen-bond donors (Lipinski definition) is 1. The maximum Gasteiger partial charge on any atom is 0.248 e. The van der Waals surface area contributed by atoms with Crippen molar-refractivity contribution in [3.8, 4) is 0 Å².